The van der Waals surface area contributed by atoms with E-state index in [4.69, 9.17) is 0 Å². The molecule has 1 saturated carbocycles. The van der Waals surface area contributed by atoms with Gasteiger partial charge in [-0.2, -0.15) is 0 Å². The molecule has 16 heavy (non-hydrogen) atoms. The Labute approximate surface area is 103 Å². The van der Waals surface area contributed by atoms with Crippen molar-refractivity contribution in [3.8, 4) is 0 Å². The Balaban J connectivity index is 2.94. The van der Waals surface area contributed by atoms with Crippen LogP contribution in [0.2, 0.25) is 11.6 Å². The van der Waals surface area contributed by atoms with Crippen molar-refractivity contribution in [2.75, 3.05) is 28.2 Å². The highest BCUT2D eigenvalue weighted by Crippen LogP contribution is 2.43. The summed E-state index contributed by atoms with van der Waals surface area (Å²) in [5.74, 6) is 0.817. The molecule has 0 aromatic carbocycles. The van der Waals surface area contributed by atoms with E-state index in [0.717, 1.165) is 11.5 Å². The summed E-state index contributed by atoms with van der Waals surface area (Å²) >= 11 is 0. The van der Waals surface area contributed by atoms with Gasteiger partial charge in [-0.25, -0.2) is 0 Å². The maximum Gasteiger partial charge on any atom is 0.209 e. The predicted octanol–water partition coefficient (Wildman–Crippen LogP) is 3.15. The summed E-state index contributed by atoms with van der Waals surface area (Å²) in [6.07, 6.45) is 5.85. The first-order valence-corrected chi connectivity index (χ1v) is 8.94. The van der Waals surface area contributed by atoms with Gasteiger partial charge in [-0.15, -0.1) is 0 Å². The van der Waals surface area contributed by atoms with Gasteiger partial charge in [0.1, 0.15) is 0 Å². The van der Waals surface area contributed by atoms with Crippen molar-refractivity contribution in [2.45, 2.75) is 51.1 Å². The van der Waals surface area contributed by atoms with Gasteiger partial charge in [0.2, 0.25) is 8.40 Å². The monoisotopic (exact) mass is 242 g/mol. The first kappa shape index (κ1) is 14.2. The Hall–Kier alpha value is 0.137. The summed E-state index contributed by atoms with van der Waals surface area (Å²) < 4.78 is 5.20. The van der Waals surface area contributed by atoms with E-state index in [9.17, 15) is 0 Å². The molecule has 96 valence electrons. The van der Waals surface area contributed by atoms with Crippen LogP contribution in [0.4, 0.5) is 0 Å². The Morgan fingerprint density at radius 1 is 1.00 bits per heavy atom. The molecule has 0 N–H and O–H groups in total. The molecule has 1 aliphatic carbocycles. The third-order valence-corrected chi connectivity index (χ3v) is 10.7. The average Bonchev–Trinajstić information content (AvgIpc) is 2.65. The highest BCUT2D eigenvalue weighted by atomic mass is 28.3. The van der Waals surface area contributed by atoms with E-state index in [1.165, 1.54) is 31.7 Å². The SMILES string of the molecule is CC(C)C[Si](C1CCCC1)(N(C)C)N(C)C. The molecule has 0 heterocycles. The third kappa shape index (κ3) is 2.69. The fourth-order valence-corrected chi connectivity index (χ4v) is 9.51. The fraction of sp³-hybridized carbons (Fsp3) is 1.00. The maximum atomic E-state index is 2.60. The second-order valence-corrected chi connectivity index (χ2v) is 11.0. The Bertz CT molecular complexity index is 200. The van der Waals surface area contributed by atoms with Crippen molar-refractivity contribution in [2.24, 2.45) is 5.92 Å². The zero-order valence-corrected chi connectivity index (χ0v) is 13.1. The van der Waals surface area contributed by atoms with Crippen molar-refractivity contribution >= 4 is 8.40 Å². The molecule has 0 aromatic heterocycles. The van der Waals surface area contributed by atoms with Gasteiger partial charge in [-0.3, -0.25) is 0 Å². The molecule has 0 bridgehead atoms. The Morgan fingerprint density at radius 2 is 1.44 bits per heavy atom. The van der Waals surface area contributed by atoms with Gasteiger partial charge >= 0.3 is 0 Å². The smallest absolute Gasteiger partial charge is 0.209 e. The lowest BCUT2D eigenvalue weighted by atomic mass is 10.3. The standard InChI is InChI=1S/C13H30N2Si/c1-12(2)11-16(14(3)4,15(5)6)13-9-7-8-10-13/h12-13H,7-11H2,1-6H3. The average molecular weight is 242 g/mol. The van der Waals surface area contributed by atoms with Crippen LogP contribution in [0.5, 0.6) is 0 Å². The molecule has 0 aliphatic heterocycles. The van der Waals surface area contributed by atoms with Crippen molar-refractivity contribution in [1.82, 2.24) is 9.13 Å². The second kappa shape index (κ2) is 5.65. The largest absolute Gasteiger partial charge is 0.317 e. The van der Waals surface area contributed by atoms with Crippen LogP contribution in [0.15, 0.2) is 0 Å². The molecule has 3 heteroatoms. The van der Waals surface area contributed by atoms with E-state index < -0.39 is 8.40 Å². The summed E-state index contributed by atoms with van der Waals surface area (Å²) in [5.41, 5.74) is 0.986. The van der Waals surface area contributed by atoms with E-state index in [2.05, 4.69) is 51.2 Å². The lowest BCUT2D eigenvalue weighted by Gasteiger charge is -2.48. The number of nitrogens with zero attached hydrogens (tertiary/aromatic N) is 2. The van der Waals surface area contributed by atoms with Crippen LogP contribution in [0, 0.1) is 5.92 Å². The number of hydrogen-bond acceptors (Lipinski definition) is 2. The van der Waals surface area contributed by atoms with E-state index in [1.807, 2.05) is 0 Å². The highest BCUT2D eigenvalue weighted by molar-refractivity contribution is 6.75. The summed E-state index contributed by atoms with van der Waals surface area (Å²) in [4.78, 5) is 0. The zero-order chi connectivity index (χ0) is 12.3. The molecule has 0 aromatic rings. The van der Waals surface area contributed by atoms with Crippen LogP contribution in [0.25, 0.3) is 0 Å². The van der Waals surface area contributed by atoms with Crippen LogP contribution >= 0.6 is 0 Å². The summed E-state index contributed by atoms with van der Waals surface area (Å²) in [5, 5.41) is 0. The third-order valence-electron chi connectivity index (χ3n) is 4.27. The van der Waals surface area contributed by atoms with Crippen LogP contribution in [0.1, 0.15) is 39.5 Å². The zero-order valence-electron chi connectivity index (χ0n) is 12.1. The van der Waals surface area contributed by atoms with Crippen molar-refractivity contribution in [3.05, 3.63) is 0 Å². The molecule has 0 spiro atoms. The quantitative estimate of drug-likeness (QED) is 0.683. The molecule has 0 amide bonds. The minimum atomic E-state index is -1.41. The molecule has 0 atom stereocenters. The minimum absolute atomic E-state index is 0.817. The van der Waals surface area contributed by atoms with E-state index in [1.54, 1.807) is 0 Å². The number of rotatable bonds is 5. The fourth-order valence-electron chi connectivity index (χ4n) is 3.65. The minimum Gasteiger partial charge on any atom is -0.317 e. The van der Waals surface area contributed by atoms with Crippen molar-refractivity contribution in [1.29, 1.82) is 0 Å². The molecular weight excluding hydrogens is 212 g/mol. The first-order valence-electron chi connectivity index (χ1n) is 6.76. The van der Waals surface area contributed by atoms with Gasteiger partial charge in [-0.05, 0) is 45.7 Å². The van der Waals surface area contributed by atoms with Gasteiger partial charge in [0.25, 0.3) is 0 Å². The summed E-state index contributed by atoms with van der Waals surface area (Å²) in [6, 6.07) is 1.41. The van der Waals surface area contributed by atoms with Crippen LogP contribution < -0.4 is 0 Å². The van der Waals surface area contributed by atoms with E-state index in [-0.39, 0.29) is 0 Å². The summed E-state index contributed by atoms with van der Waals surface area (Å²) in [6.45, 7) is 4.76. The lowest BCUT2D eigenvalue weighted by Crippen LogP contribution is -2.63. The van der Waals surface area contributed by atoms with E-state index >= 15 is 0 Å². The maximum absolute atomic E-state index is 2.60. The summed E-state index contributed by atoms with van der Waals surface area (Å²) in [7, 11) is 7.84. The van der Waals surface area contributed by atoms with Gasteiger partial charge in [0, 0.05) is 0 Å². The van der Waals surface area contributed by atoms with Gasteiger partial charge < -0.3 is 9.13 Å². The van der Waals surface area contributed by atoms with Crippen LogP contribution in [-0.2, 0) is 0 Å². The predicted molar refractivity (Wildman–Crippen MR) is 75.0 cm³/mol. The normalized spacial score (nSPS) is 19.3. The Kier molecular flexibility index (Phi) is 5.01. The Morgan fingerprint density at radius 3 is 1.75 bits per heavy atom. The molecule has 0 unspecified atom stereocenters. The topological polar surface area (TPSA) is 6.48 Å². The molecule has 1 aliphatic rings. The van der Waals surface area contributed by atoms with Crippen molar-refractivity contribution < 1.29 is 0 Å². The van der Waals surface area contributed by atoms with Crippen molar-refractivity contribution in [3.63, 3.8) is 0 Å². The lowest BCUT2D eigenvalue weighted by molar-refractivity contribution is 0.432. The molecular formula is C13H30N2Si. The molecule has 1 fully saturated rings. The van der Waals surface area contributed by atoms with Crippen LogP contribution in [-0.4, -0.2) is 45.7 Å². The highest BCUT2D eigenvalue weighted by Gasteiger charge is 2.47. The molecule has 0 saturated heterocycles. The van der Waals surface area contributed by atoms with Crippen LogP contribution in [0.3, 0.4) is 0 Å². The second-order valence-electron chi connectivity index (χ2n) is 6.25. The van der Waals surface area contributed by atoms with Gasteiger partial charge in [0.05, 0.1) is 0 Å². The first-order chi connectivity index (χ1) is 7.41. The molecule has 2 nitrogen and oxygen atoms in total. The number of hydrogen-bond donors (Lipinski definition) is 0. The van der Waals surface area contributed by atoms with Gasteiger partial charge in [-0.1, -0.05) is 39.5 Å². The van der Waals surface area contributed by atoms with Gasteiger partial charge in [0.15, 0.2) is 0 Å². The molecule has 0 radical (unpaired) electrons. The van der Waals surface area contributed by atoms with E-state index in [0.29, 0.717) is 0 Å². The molecule has 1 rings (SSSR count).